The molecule has 0 N–H and O–H groups in total. The van der Waals surface area contributed by atoms with Gasteiger partial charge in [0.25, 0.3) is 0 Å². The zero-order valence-electron chi connectivity index (χ0n) is 26.6. The zero-order chi connectivity index (χ0) is 31.9. The van der Waals surface area contributed by atoms with Gasteiger partial charge in [0, 0.05) is 22.5 Å². The summed E-state index contributed by atoms with van der Waals surface area (Å²) in [6.07, 6.45) is 14.8. The molecule has 0 bridgehead atoms. The fourth-order valence-electron chi connectivity index (χ4n) is 7.95. The second-order valence-electron chi connectivity index (χ2n) is 12.6. The fourth-order valence-corrected chi connectivity index (χ4v) is 7.95. The van der Waals surface area contributed by atoms with Gasteiger partial charge in [-0.1, -0.05) is 145 Å². The highest BCUT2D eigenvalue weighted by Crippen LogP contribution is 2.57. The third kappa shape index (κ3) is 4.42. The second-order valence-corrected chi connectivity index (χ2v) is 12.6. The molecule has 0 saturated carbocycles. The summed E-state index contributed by atoms with van der Waals surface area (Å²) >= 11 is 0. The minimum absolute atomic E-state index is 0.467. The van der Waals surface area contributed by atoms with Crippen LogP contribution >= 0.6 is 0 Å². The molecule has 6 aromatic rings. The minimum Gasteiger partial charge on any atom is -0.314 e. The molecular formula is C47H33N. The van der Waals surface area contributed by atoms with Crippen molar-refractivity contribution in [3.63, 3.8) is 0 Å². The van der Waals surface area contributed by atoms with Crippen molar-refractivity contribution in [1.29, 1.82) is 0 Å². The van der Waals surface area contributed by atoms with Gasteiger partial charge in [0.1, 0.15) is 0 Å². The van der Waals surface area contributed by atoms with Gasteiger partial charge in [-0.05, 0) is 99.5 Å². The van der Waals surface area contributed by atoms with Gasteiger partial charge in [-0.25, -0.2) is 0 Å². The Bertz CT molecular complexity index is 2370. The van der Waals surface area contributed by atoms with Crippen LogP contribution in [0.25, 0.3) is 27.5 Å². The highest BCUT2D eigenvalue weighted by Gasteiger charge is 2.46. The monoisotopic (exact) mass is 611 g/mol. The van der Waals surface area contributed by atoms with Crippen LogP contribution in [0.2, 0.25) is 0 Å². The lowest BCUT2D eigenvalue weighted by molar-refractivity contribution is 0.768. The van der Waals surface area contributed by atoms with Gasteiger partial charge in [0.2, 0.25) is 0 Å². The van der Waals surface area contributed by atoms with Crippen LogP contribution in [-0.2, 0) is 5.41 Å². The van der Waals surface area contributed by atoms with Crippen molar-refractivity contribution < 1.29 is 0 Å². The van der Waals surface area contributed by atoms with Crippen LogP contribution in [0.15, 0.2) is 193 Å². The highest BCUT2D eigenvalue weighted by molar-refractivity contribution is 5.97. The van der Waals surface area contributed by atoms with E-state index in [1.54, 1.807) is 0 Å². The van der Waals surface area contributed by atoms with Gasteiger partial charge in [0.15, 0.2) is 0 Å². The van der Waals surface area contributed by atoms with Gasteiger partial charge in [-0.2, -0.15) is 0 Å². The molecule has 48 heavy (non-hydrogen) atoms. The summed E-state index contributed by atoms with van der Waals surface area (Å²) in [5, 5.41) is 2.42. The Kier molecular flexibility index (Phi) is 6.81. The first-order valence-electron chi connectivity index (χ1n) is 16.8. The average molecular weight is 612 g/mol. The van der Waals surface area contributed by atoms with E-state index in [2.05, 4.69) is 186 Å². The largest absolute Gasteiger partial charge is 0.314 e. The van der Waals surface area contributed by atoms with Gasteiger partial charge < -0.3 is 4.90 Å². The predicted molar refractivity (Wildman–Crippen MR) is 200 cm³/mol. The Morgan fingerprint density at radius 3 is 1.98 bits per heavy atom. The fraction of sp³-hybridized carbons (Fsp3) is 0.0638. The van der Waals surface area contributed by atoms with E-state index in [4.69, 9.17) is 0 Å². The van der Waals surface area contributed by atoms with Crippen molar-refractivity contribution in [1.82, 2.24) is 0 Å². The molecule has 0 fully saturated rings. The first-order chi connectivity index (χ1) is 23.8. The third-order valence-electron chi connectivity index (χ3n) is 10.0. The van der Waals surface area contributed by atoms with E-state index in [1.807, 2.05) is 6.08 Å². The molecule has 0 aliphatic heterocycles. The SMILES string of the molecule is C1=C=C(c2cc3ccccc3cc2N(C2=CC=CCC2)c2ccc3c(c2)C(c2ccccc2)(c2ccccc2)c2ccccc2-3)C=CC=1. The van der Waals surface area contributed by atoms with E-state index < -0.39 is 5.41 Å². The molecule has 6 aromatic carbocycles. The quantitative estimate of drug-likeness (QED) is 0.169. The zero-order valence-corrected chi connectivity index (χ0v) is 26.6. The van der Waals surface area contributed by atoms with Crippen molar-refractivity contribution in [2.75, 3.05) is 4.90 Å². The third-order valence-corrected chi connectivity index (χ3v) is 10.0. The minimum atomic E-state index is -0.467. The van der Waals surface area contributed by atoms with Gasteiger partial charge in [-0.3, -0.25) is 0 Å². The maximum Gasteiger partial charge on any atom is 0.0714 e. The summed E-state index contributed by atoms with van der Waals surface area (Å²) in [5.74, 6) is 0. The molecule has 3 aliphatic rings. The second kappa shape index (κ2) is 11.6. The molecule has 3 aliphatic carbocycles. The van der Waals surface area contributed by atoms with E-state index in [9.17, 15) is 0 Å². The Balaban J connectivity index is 1.36. The van der Waals surface area contributed by atoms with Crippen LogP contribution in [-0.4, -0.2) is 0 Å². The van der Waals surface area contributed by atoms with Crippen molar-refractivity contribution >= 4 is 27.7 Å². The van der Waals surface area contributed by atoms with E-state index in [0.717, 1.165) is 35.4 Å². The van der Waals surface area contributed by atoms with Crippen molar-refractivity contribution in [2.24, 2.45) is 0 Å². The first-order valence-corrected chi connectivity index (χ1v) is 16.8. The molecule has 0 spiro atoms. The van der Waals surface area contributed by atoms with E-state index >= 15 is 0 Å². The molecule has 0 unspecified atom stereocenters. The van der Waals surface area contributed by atoms with Crippen molar-refractivity contribution in [3.05, 3.63) is 221 Å². The molecule has 0 radical (unpaired) electrons. The normalized spacial score (nSPS) is 15.2. The molecule has 0 amide bonds. The number of nitrogens with zero attached hydrogens (tertiary/aromatic N) is 1. The molecule has 226 valence electrons. The average Bonchev–Trinajstić information content (AvgIpc) is 3.46. The van der Waals surface area contributed by atoms with Crippen LogP contribution < -0.4 is 4.90 Å². The Morgan fingerprint density at radius 2 is 1.27 bits per heavy atom. The molecule has 1 heteroatoms. The number of fused-ring (bicyclic) bond motifs is 4. The molecule has 0 heterocycles. The molecule has 1 nitrogen and oxygen atoms in total. The lowest BCUT2D eigenvalue weighted by atomic mass is 9.67. The molecule has 0 saturated heterocycles. The van der Waals surface area contributed by atoms with Gasteiger partial charge in [0.05, 0.1) is 11.1 Å². The van der Waals surface area contributed by atoms with Crippen LogP contribution in [0.1, 0.15) is 40.7 Å². The predicted octanol–water partition coefficient (Wildman–Crippen LogP) is 11.8. The summed E-state index contributed by atoms with van der Waals surface area (Å²) in [7, 11) is 0. The lowest BCUT2D eigenvalue weighted by Gasteiger charge is -2.35. The lowest BCUT2D eigenvalue weighted by Crippen LogP contribution is -2.29. The summed E-state index contributed by atoms with van der Waals surface area (Å²) in [6.45, 7) is 0. The molecule has 9 rings (SSSR count). The summed E-state index contributed by atoms with van der Waals surface area (Å²) in [5.41, 5.74) is 19.6. The van der Waals surface area contributed by atoms with Crippen LogP contribution in [0, 0.1) is 0 Å². The Hall–Kier alpha value is -6.10. The number of benzene rings is 6. The Labute approximate surface area is 282 Å². The summed E-state index contributed by atoms with van der Waals surface area (Å²) in [6, 6.07) is 51.5. The number of rotatable bonds is 6. The Morgan fingerprint density at radius 1 is 0.583 bits per heavy atom. The summed E-state index contributed by atoms with van der Waals surface area (Å²) < 4.78 is 0. The van der Waals surface area contributed by atoms with Gasteiger partial charge >= 0.3 is 0 Å². The van der Waals surface area contributed by atoms with Crippen molar-refractivity contribution in [2.45, 2.75) is 18.3 Å². The van der Waals surface area contributed by atoms with Crippen molar-refractivity contribution in [3.8, 4) is 11.1 Å². The topological polar surface area (TPSA) is 3.24 Å². The molecular weight excluding hydrogens is 579 g/mol. The number of anilines is 2. The molecule has 0 aromatic heterocycles. The number of hydrogen-bond acceptors (Lipinski definition) is 1. The smallest absolute Gasteiger partial charge is 0.0714 e. The highest BCUT2D eigenvalue weighted by atomic mass is 15.2. The van der Waals surface area contributed by atoms with Crippen LogP contribution in [0.4, 0.5) is 11.4 Å². The number of hydrogen-bond donors (Lipinski definition) is 0. The number of allylic oxidation sites excluding steroid dienone is 8. The van der Waals surface area contributed by atoms with Crippen LogP contribution in [0.3, 0.4) is 0 Å². The summed E-state index contributed by atoms with van der Waals surface area (Å²) in [4.78, 5) is 2.50. The molecule has 0 atom stereocenters. The maximum absolute atomic E-state index is 3.42. The maximum atomic E-state index is 3.42. The van der Waals surface area contributed by atoms with E-state index in [1.165, 1.54) is 49.9 Å². The standard InChI is InChI=1S/C47H33N/c1-5-17-34(18-6-1)43-31-35-19-13-14-20-36(35)32-46(43)48(39-25-11-4-12-26-39)40-29-30-42-41-27-15-16-28-44(41)47(45(42)33-40,37-21-7-2-8-22-37)38-23-9-3-10-24-38/h1-5,7-11,13-17,19-25,27-33H,12,26H2. The first kappa shape index (κ1) is 28.1. The van der Waals surface area contributed by atoms with E-state index in [-0.39, 0.29) is 0 Å². The van der Waals surface area contributed by atoms with E-state index in [0.29, 0.717) is 0 Å². The van der Waals surface area contributed by atoms with Crippen LogP contribution in [0.5, 0.6) is 0 Å². The van der Waals surface area contributed by atoms with Gasteiger partial charge in [-0.15, -0.1) is 0 Å².